The van der Waals surface area contributed by atoms with Gasteiger partial charge < -0.3 is 0 Å². The molecule has 1 aromatic heterocycles. The van der Waals surface area contributed by atoms with Crippen LogP contribution in [-0.2, 0) is 11.5 Å². The van der Waals surface area contributed by atoms with Crippen molar-refractivity contribution in [3.8, 4) is 11.5 Å². The van der Waals surface area contributed by atoms with Crippen LogP contribution in [0.5, 0.6) is 11.5 Å². The number of rotatable bonds is 10. The summed E-state index contributed by atoms with van der Waals surface area (Å²) in [4.78, 5) is 10.9. The quantitative estimate of drug-likeness (QED) is 0.114. The summed E-state index contributed by atoms with van der Waals surface area (Å²) in [5.41, 5.74) is 2.96. The molecule has 195 valence electrons. The Labute approximate surface area is 229 Å². The minimum atomic E-state index is -1.20. The van der Waals surface area contributed by atoms with Gasteiger partial charge in [0.1, 0.15) is 0 Å². The molecular formula is C28H29AsN3O5Si. The molecule has 0 N–H and O–H groups in total. The molecule has 2 heterocycles. The van der Waals surface area contributed by atoms with E-state index < -0.39 is 23.8 Å². The predicted octanol–water partition coefficient (Wildman–Crippen LogP) is 4.81. The van der Waals surface area contributed by atoms with Crippen molar-refractivity contribution in [3.05, 3.63) is 82.0 Å². The molecule has 10 heteroatoms. The fourth-order valence-corrected chi connectivity index (χ4v) is 6.86. The second-order valence-electron chi connectivity index (χ2n) is 10.3. The number of aromatic nitrogens is 2. The maximum atomic E-state index is 11.2. The number of non-ortho nitro benzene ring substituents is 1. The molecule has 0 saturated heterocycles. The fourth-order valence-electron chi connectivity index (χ4n) is 4.03. The Hall–Kier alpha value is -3.39. The van der Waals surface area contributed by atoms with E-state index in [1.165, 1.54) is 6.07 Å². The van der Waals surface area contributed by atoms with Gasteiger partial charge in [0.15, 0.2) is 0 Å². The zero-order valence-electron chi connectivity index (χ0n) is 21.6. The first-order valence-corrected chi connectivity index (χ1v) is 18.0. The number of nitrogens with zero attached hydrogens (tertiary/aromatic N) is 3. The van der Waals surface area contributed by atoms with Crippen LogP contribution in [0.2, 0.25) is 25.7 Å². The van der Waals surface area contributed by atoms with Crippen molar-refractivity contribution < 1.29 is 19.1 Å². The number of ether oxygens (including phenoxy) is 3. The van der Waals surface area contributed by atoms with Gasteiger partial charge in [0.25, 0.3) is 0 Å². The van der Waals surface area contributed by atoms with Gasteiger partial charge in [0, 0.05) is 0 Å². The van der Waals surface area contributed by atoms with E-state index in [0.717, 1.165) is 48.4 Å². The van der Waals surface area contributed by atoms with Crippen molar-refractivity contribution in [1.29, 1.82) is 0 Å². The van der Waals surface area contributed by atoms with Crippen LogP contribution in [0, 0.1) is 10.1 Å². The standard InChI is InChI=1S/C28H29AsN3O5Si/c1-38(2,3)14-13-35-18-31-26-17-22(29-21-5-4-6-23(16-21)32(33)34)9-10-24(26)25(30-31)11-7-20-8-12-27-28(15-20)37-19-36-27/h4-12,15-17H,13-14,18-19H2,1-3H3/b11-7+. The molecule has 1 aliphatic rings. The zero-order chi connectivity index (χ0) is 26.7. The average molecular weight is 591 g/mol. The number of fused-ring (bicyclic) bond motifs is 2. The van der Waals surface area contributed by atoms with Gasteiger partial charge in [0.2, 0.25) is 0 Å². The van der Waals surface area contributed by atoms with Gasteiger partial charge >= 0.3 is 230 Å². The third-order valence-electron chi connectivity index (χ3n) is 6.10. The molecule has 38 heavy (non-hydrogen) atoms. The molecule has 1 radical (unpaired) electrons. The minimum absolute atomic E-state index is 0.121. The van der Waals surface area contributed by atoms with Crippen molar-refractivity contribution in [2.24, 2.45) is 0 Å². The normalized spacial score (nSPS) is 13.3. The molecule has 5 rings (SSSR count). The molecule has 0 fully saturated rings. The third-order valence-corrected chi connectivity index (χ3v) is 10.1. The summed E-state index contributed by atoms with van der Waals surface area (Å²) in [6, 6.07) is 20.2. The third kappa shape index (κ3) is 6.35. The van der Waals surface area contributed by atoms with Gasteiger partial charge in [-0.2, -0.15) is 0 Å². The van der Waals surface area contributed by atoms with Crippen LogP contribution in [-0.4, -0.2) is 51.9 Å². The Morgan fingerprint density at radius 1 is 1.05 bits per heavy atom. The van der Waals surface area contributed by atoms with Crippen molar-refractivity contribution in [2.45, 2.75) is 32.4 Å². The van der Waals surface area contributed by atoms with Crippen LogP contribution < -0.4 is 18.2 Å². The molecule has 0 saturated carbocycles. The van der Waals surface area contributed by atoms with Gasteiger partial charge in [-0.05, 0) is 0 Å². The van der Waals surface area contributed by atoms with Crippen LogP contribution in [0.1, 0.15) is 11.3 Å². The predicted molar refractivity (Wildman–Crippen MR) is 153 cm³/mol. The van der Waals surface area contributed by atoms with E-state index in [1.807, 2.05) is 41.1 Å². The summed E-state index contributed by atoms with van der Waals surface area (Å²) >= 11 is -0.423. The van der Waals surface area contributed by atoms with Crippen molar-refractivity contribution in [2.75, 3.05) is 13.4 Å². The van der Waals surface area contributed by atoms with E-state index in [4.69, 9.17) is 19.3 Å². The number of nitro groups is 1. The van der Waals surface area contributed by atoms with Crippen LogP contribution in [0.15, 0.2) is 60.7 Å². The molecule has 0 aliphatic carbocycles. The average Bonchev–Trinajstić information content (AvgIpc) is 3.49. The fraction of sp³-hybridized carbons (Fsp3) is 0.250. The molecule has 0 atom stereocenters. The number of benzene rings is 3. The SMILES string of the molecule is C[Si](C)(C)CCOCn1nc(/C=C/c2ccc3c(c2)OCO3)c2ccc([As]c3cccc([N+](=O)[O-])c3)cc21. The molecule has 0 bridgehead atoms. The van der Waals surface area contributed by atoms with E-state index in [-0.39, 0.29) is 17.4 Å². The van der Waals surface area contributed by atoms with E-state index in [9.17, 15) is 10.1 Å². The van der Waals surface area contributed by atoms with Crippen molar-refractivity contribution in [3.63, 3.8) is 0 Å². The summed E-state index contributed by atoms with van der Waals surface area (Å²) in [6.07, 6.45) is 4.02. The monoisotopic (exact) mass is 590 g/mol. The summed E-state index contributed by atoms with van der Waals surface area (Å²) in [7, 11) is -1.20. The summed E-state index contributed by atoms with van der Waals surface area (Å²) < 4.78 is 21.0. The Morgan fingerprint density at radius 2 is 1.87 bits per heavy atom. The van der Waals surface area contributed by atoms with Crippen LogP contribution >= 0.6 is 0 Å². The van der Waals surface area contributed by atoms with Gasteiger partial charge in [-0.25, -0.2) is 0 Å². The molecular weight excluding hydrogens is 561 g/mol. The second kappa shape index (κ2) is 11.1. The van der Waals surface area contributed by atoms with Gasteiger partial charge in [-0.3, -0.25) is 0 Å². The van der Waals surface area contributed by atoms with Crippen LogP contribution in [0.25, 0.3) is 23.1 Å². The van der Waals surface area contributed by atoms with E-state index in [0.29, 0.717) is 13.3 Å². The first-order valence-electron chi connectivity index (χ1n) is 12.4. The topological polar surface area (TPSA) is 88.7 Å². The van der Waals surface area contributed by atoms with Crippen LogP contribution in [0.3, 0.4) is 0 Å². The molecule has 4 aromatic rings. The Kier molecular flexibility index (Phi) is 7.69. The van der Waals surface area contributed by atoms with Gasteiger partial charge in [0.05, 0.1) is 0 Å². The molecule has 0 spiro atoms. The summed E-state index contributed by atoms with van der Waals surface area (Å²) in [6.45, 7) is 8.33. The van der Waals surface area contributed by atoms with Crippen molar-refractivity contribution >= 4 is 61.3 Å². The Balaban J connectivity index is 1.43. The summed E-state index contributed by atoms with van der Waals surface area (Å²) in [5, 5.41) is 17.1. The zero-order valence-corrected chi connectivity index (χ0v) is 24.5. The van der Waals surface area contributed by atoms with Gasteiger partial charge in [-0.1, -0.05) is 0 Å². The van der Waals surface area contributed by atoms with E-state index >= 15 is 0 Å². The summed E-state index contributed by atoms with van der Waals surface area (Å²) in [5.74, 6) is 1.50. The number of nitro benzene ring substituents is 1. The maximum absolute atomic E-state index is 11.2. The van der Waals surface area contributed by atoms with E-state index in [2.05, 4.69) is 37.8 Å². The Morgan fingerprint density at radius 3 is 2.68 bits per heavy atom. The first-order chi connectivity index (χ1) is 18.2. The number of hydrogen-bond donors (Lipinski definition) is 0. The second-order valence-corrected chi connectivity index (χ2v) is 18.5. The molecule has 0 unspecified atom stereocenters. The van der Waals surface area contributed by atoms with Crippen LogP contribution in [0.4, 0.5) is 5.69 Å². The Bertz CT molecular complexity index is 1510. The molecule has 0 amide bonds. The van der Waals surface area contributed by atoms with E-state index in [1.54, 1.807) is 12.1 Å². The molecule has 1 aliphatic heterocycles. The molecule has 3 aromatic carbocycles. The molecule has 8 nitrogen and oxygen atoms in total. The first kappa shape index (κ1) is 26.2. The number of hydrogen-bond acceptors (Lipinski definition) is 6. The van der Waals surface area contributed by atoms with Gasteiger partial charge in [-0.15, -0.1) is 0 Å². The van der Waals surface area contributed by atoms with Crippen molar-refractivity contribution in [1.82, 2.24) is 9.78 Å².